The second kappa shape index (κ2) is 12.8. The Kier molecular flexibility index (Phi) is 7.40. The number of fused-ring (bicyclic) bond motifs is 10. The minimum Gasteiger partial charge on any atom is -0.310 e. The summed E-state index contributed by atoms with van der Waals surface area (Å²) < 4.78 is 0. The van der Waals surface area contributed by atoms with E-state index in [-0.39, 0.29) is 0 Å². The van der Waals surface area contributed by atoms with Gasteiger partial charge in [-0.1, -0.05) is 176 Å². The second-order valence-corrected chi connectivity index (χ2v) is 15.5. The highest BCUT2D eigenvalue weighted by atomic mass is 32.2. The lowest BCUT2D eigenvalue weighted by Gasteiger charge is -2.41. The first-order valence-corrected chi connectivity index (χ1v) is 19.7. The fourth-order valence-electron chi connectivity index (χ4n) is 9.11. The lowest BCUT2D eigenvalue weighted by atomic mass is 9.67. The van der Waals surface area contributed by atoms with Crippen molar-refractivity contribution in [1.82, 2.24) is 0 Å². The van der Waals surface area contributed by atoms with Crippen molar-refractivity contribution in [2.75, 3.05) is 4.90 Å². The van der Waals surface area contributed by atoms with Crippen molar-refractivity contribution in [3.8, 4) is 33.4 Å². The third kappa shape index (κ3) is 4.95. The maximum absolute atomic E-state index is 2.49. The summed E-state index contributed by atoms with van der Waals surface area (Å²) in [6.45, 7) is 0. The van der Waals surface area contributed by atoms with Crippen LogP contribution in [0.2, 0.25) is 0 Å². The first-order valence-electron chi connectivity index (χ1n) is 18.9. The predicted molar refractivity (Wildman–Crippen MR) is 231 cm³/mol. The zero-order valence-corrected chi connectivity index (χ0v) is 30.9. The van der Waals surface area contributed by atoms with Crippen LogP contribution in [0.25, 0.3) is 44.2 Å². The Morgan fingerprint density at radius 2 is 0.836 bits per heavy atom. The summed E-state index contributed by atoms with van der Waals surface area (Å²) in [5.41, 5.74) is 15.6. The van der Waals surface area contributed by atoms with E-state index in [4.69, 9.17) is 0 Å². The number of rotatable bonds is 5. The Morgan fingerprint density at radius 1 is 0.327 bits per heavy atom. The highest BCUT2D eigenvalue weighted by Gasteiger charge is 2.50. The monoisotopic (exact) mass is 717 g/mol. The molecule has 0 N–H and O–H groups in total. The van der Waals surface area contributed by atoms with Gasteiger partial charge in [0.25, 0.3) is 0 Å². The molecular weight excluding hydrogens is 683 g/mol. The van der Waals surface area contributed by atoms with E-state index in [2.05, 4.69) is 217 Å². The molecule has 1 nitrogen and oxygen atoms in total. The van der Waals surface area contributed by atoms with Crippen LogP contribution >= 0.6 is 11.8 Å². The highest BCUT2D eigenvalue weighted by molar-refractivity contribution is 7.99. The molecule has 2 aliphatic rings. The van der Waals surface area contributed by atoms with Crippen molar-refractivity contribution < 1.29 is 0 Å². The van der Waals surface area contributed by atoms with Gasteiger partial charge < -0.3 is 4.90 Å². The van der Waals surface area contributed by atoms with E-state index >= 15 is 0 Å². The largest absolute Gasteiger partial charge is 0.310 e. The molecule has 2 heteroatoms. The number of anilines is 3. The molecule has 1 aliphatic heterocycles. The molecule has 0 radical (unpaired) electrons. The van der Waals surface area contributed by atoms with Crippen molar-refractivity contribution in [2.45, 2.75) is 15.2 Å². The molecule has 0 saturated heterocycles. The van der Waals surface area contributed by atoms with Gasteiger partial charge in [0.15, 0.2) is 0 Å². The zero-order chi connectivity index (χ0) is 36.3. The summed E-state index contributed by atoms with van der Waals surface area (Å²) in [6, 6.07) is 78.3. The van der Waals surface area contributed by atoms with Gasteiger partial charge in [-0.25, -0.2) is 0 Å². The average Bonchev–Trinajstić information content (AvgIpc) is 3.55. The van der Waals surface area contributed by atoms with E-state index in [1.165, 1.54) is 76.2 Å². The molecule has 0 unspecified atom stereocenters. The maximum atomic E-state index is 2.49. The molecule has 55 heavy (non-hydrogen) atoms. The zero-order valence-electron chi connectivity index (χ0n) is 30.1. The van der Waals surface area contributed by atoms with Gasteiger partial charge in [-0.05, 0) is 109 Å². The van der Waals surface area contributed by atoms with Crippen molar-refractivity contribution >= 4 is 39.6 Å². The second-order valence-electron chi connectivity index (χ2n) is 14.5. The molecule has 0 saturated carbocycles. The summed E-state index contributed by atoms with van der Waals surface area (Å²) in [5, 5.41) is 2.53. The van der Waals surface area contributed by atoms with E-state index in [1.54, 1.807) is 0 Å². The summed E-state index contributed by atoms with van der Waals surface area (Å²) >= 11 is 1.90. The van der Waals surface area contributed by atoms with E-state index in [0.29, 0.717) is 0 Å². The van der Waals surface area contributed by atoms with Gasteiger partial charge in [0, 0.05) is 26.7 Å². The third-order valence-corrected chi connectivity index (χ3v) is 12.6. The lowest BCUT2D eigenvalue weighted by Crippen LogP contribution is -2.32. The van der Waals surface area contributed by atoms with Gasteiger partial charge in [0.1, 0.15) is 0 Å². The minimum absolute atomic E-state index is 0.495. The van der Waals surface area contributed by atoms with Crippen LogP contribution in [0.3, 0.4) is 0 Å². The molecule has 9 aromatic rings. The molecule has 9 aromatic carbocycles. The lowest BCUT2D eigenvalue weighted by molar-refractivity contribution is 0.724. The number of nitrogens with zero attached hydrogens (tertiary/aromatic N) is 1. The van der Waals surface area contributed by atoms with Crippen LogP contribution in [0.15, 0.2) is 222 Å². The van der Waals surface area contributed by atoms with E-state index in [9.17, 15) is 0 Å². The molecular formula is C53H35NS. The van der Waals surface area contributed by atoms with E-state index in [1.807, 2.05) is 11.8 Å². The van der Waals surface area contributed by atoms with Crippen LogP contribution in [0.5, 0.6) is 0 Å². The van der Waals surface area contributed by atoms with Crippen LogP contribution in [0.4, 0.5) is 17.1 Å². The van der Waals surface area contributed by atoms with Crippen LogP contribution in [0.1, 0.15) is 22.3 Å². The number of benzene rings is 9. The first-order chi connectivity index (χ1) is 27.3. The van der Waals surface area contributed by atoms with Gasteiger partial charge in [0.2, 0.25) is 0 Å². The SMILES string of the molecule is c1ccc(-c2ccc(N(c3ccc4c(c3)C3(c5cc6ccccc6cc5S4)c4ccccc4-c4ccccc43)c3ccccc3-c3ccccc3)cc2)cc1. The van der Waals surface area contributed by atoms with Gasteiger partial charge in [-0.3, -0.25) is 0 Å². The summed E-state index contributed by atoms with van der Waals surface area (Å²) in [4.78, 5) is 5.06. The van der Waals surface area contributed by atoms with Crippen LogP contribution < -0.4 is 4.90 Å². The van der Waals surface area contributed by atoms with Gasteiger partial charge in [-0.15, -0.1) is 0 Å². The first kappa shape index (κ1) is 31.9. The molecule has 1 heterocycles. The predicted octanol–water partition coefficient (Wildman–Crippen LogP) is 14.5. The van der Waals surface area contributed by atoms with Crippen LogP contribution in [-0.4, -0.2) is 0 Å². The summed E-state index contributed by atoms with van der Waals surface area (Å²) in [5.74, 6) is 0. The number of para-hydroxylation sites is 1. The Balaban J connectivity index is 1.19. The maximum Gasteiger partial charge on any atom is 0.0736 e. The number of hydrogen-bond acceptors (Lipinski definition) is 2. The topological polar surface area (TPSA) is 3.24 Å². The fraction of sp³-hybridized carbons (Fsp3) is 0.0189. The van der Waals surface area contributed by atoms with Crippen molar-refractivity contribution in [3.63, 3.8) is 0 Å². The van der Waals surface area contributed by atoms with Crippen molar-refractivity contribution in [1.29, 1.82) is 0 Å². The van der Waals surface area contributed by atoms with Crippen molar-refractivity contribution in [2.24, 2.45) is 0 Å². The smallest absolute Gasteiger partial charge is 0.0736 e. The molecule has 0 bridgehead atoms. The molecule has 258 valence electrons. The minimum atomic E-state index is -0.495. The van der Waals surface area contributed by atoms with Gasteiger partial charge in [-0.2, -0.15) is 0 Å². The normalized spacial score (nSPS) is 13.2. The molecule has 1 aliphatic carbocycles. The average molecular weight is 718 g/mol. The fourth-order valence-corrected chi connectivity index (χ4v) is 10.3. The summed E-state index contributed by atoms with van der Waals surface area (Å²) in [7, 11) is 0. The molecule has 0 fully saturated rings. The summed E-state index contributed by atoms with van der Waals surface area (Å²) in [6.07, 6.45) is 0. The van der Waals surface area contributed by atoms with Crippen LogP contribution in [0, 0.1) is 0 Å². The Bertz CT molecular complexity index is 2850. The van der Waals surface area contributed by atoms with Gasteiger partial charge in [0.05, 0.1) is 11.1 Å². The molecule has 1 spiro atoms. The Labute approximate surface area is 326 Å². The van der Waals surface area contributed by atoms with E-state index in [0.717, 1.165) is 17.1 Å². The molecule has 11 rings (SSSR count). The van der Waals surface area contributed by atoms with Gasteiger partial charge >= 0.3 is 0 Å². The molecule has 0 atom stereocenters. The quantitative estimate of drug-likeness (QED) is 0.174. The Hall–Kier alpha value is -6.61. The van der Waals surface area contributed by atoms with Crippen LogP contribution in [-0.2, 0) is 5.41 Å². The van der Waals surface area contributed by atoms with E-state index < -0.39 is 5.41 Å². The number of hydrogen-bond donors (Lipinski definition) is 0. The Morgan fingerprint density at radius 3 is 1.53 bits per heavy atom. The standard InChI is InChI=1S/C53H35NS/c1-3-15-36(16-4-1)37-27-29-41(30-28-37)54(50-26-14-11-21-43(50)38-17-5-2-6-18-38)42-31-32-51-49(35-42)53(48-33-39-19-7-8-20-40(39)34-52(48)55-51)46-24-12-9-22-44(46)45-23-10-13-25-47(45)53/h1-35H. The van der Waals surface area contributed by atoms with Crippen molar-refractivity contribution in [3.05, 3.63) is 235 Å². The third-order valence-electron chi connectivity index (χ3n) is 11.5. The highest BCUT2D eigenvalue weighted by Crippen LogP contribution is 2.63. The molecule has 0 aromatic heterocycles. The molecule has 0 amide bonds.